The van der Waals surface area contributed by atoms with Gasteiger partial charge in [0.25, 0.3) is 0 Å². The van der Waals surface area contributed by atoms with Crippen molar-refractivity contribution in [3.05, 3.63) is 94.8 Å². The van der Waals surface area contributed by atoms with Gasteiger partial charge >= 0.3 is 0 Å². The molecular weight excluding hydrogens is 863 g/mol. The highest BCUT2D eigenvalue weighted by Gasteiger charge is 2.52. The summed E-state index contributed by atoms with van der Waals surface area (Å²) in [6.45, 7) is 5.85. The van der Waals surface area contributed by atoms with Crippen molar-refractivity contribution in [3.63, 3.8) is 0 Å². The quantitative estimate of drug-likeness (QED) is 0.0774. The average Bonchev–Trinajstić information content (AvgIpc) is 3.83. The summed E-state index contributed by atoms with van der Waals surface area (Å²) in [5.41, 5.74) is 8.84. The Morgan fingerprint density at radius 1 is 0.942 bits per heavy atom. The van der Waals surface area contributed by atoms with Crippen LogP contribution in [0, 0.1) is 52.3 Å². The average molecular weight is 940 g/mol. The van der Waals surface area contributed by atoms with E-state index >= 15 is 0 Å². The molecule has 4 fully saturated rings. The maximum absolute atomic E-state index is 14.7. The first-order valence-electron chi connectivity index (χ1n) is 26.4. The zero-order chi connectivity index (χ0) is 48.5. The second-order valence-electron chi connectivity index (χ2n) is 22.6. The molecule has 0 aromatic heterocycles. The minimum Gasteiger partial charge on any atom is -0.504 e. The number of allylic oxidation sites excluding steroid dienone is 2. The SMILES string of the molecule is COc1cc2c(cc1O)C(CC(O)C(O)C(CCC(C)C)C(C1=CCNC(N)=C1)c1ccc3ccccc3c1)C#CC1(CCC(CC3(C4CNC5CC(=O)CCC5C4)CCCC3)CC1O)C(=O)CC2. The number of carbonyl (C=O) groups excluding carboxylic acids is 2. The highest BCUT2D eigenvalue weighted by molar-refractivity contribution is 5.89. The van der Waals surface area contributed by atoms with E-state index in [1.807, 2.05) is 18.2 Å². The normalized spacial score (nSPS) is 29.7. The minimum absolute atomic E-state index is 0.0467. The molecule has 6 aliphatic rings. The number of hydrogen-bond acceptors (Lipinski definition) is 10. The number of aromatic hydroxyl groups is 1. The number of phenolic OH excluding ortho intramolecular Hbond substituents is 1. The van der Waals surface area contributed by atoms with E-state index < -0.39 is 35.6 Å². The number of rotatable bonds is 14. The number of aliphatic hydroxyl groups is 3. The molecule has 3 aromatic carbocycles. The number of methoxy groups -OCH3 is 1. The van der Waals surface area contributed by atoms with Gasteiger partial charge in [0.05, 0.1) is 31.2 Å². The molecule has 11 unspecified atom stereocenters. The molecule has 9 rings (SSSR count). The van der Waals surface area contributed by atoms with Crippen molar-refractivity contribution < 1.29 is 34.8 Å². The molecule has 11 atom stereocenters. The number of nitrogens with two attached hydrogens (primary N) is 1. The first kappa shape index (κ1) is 49.3. The number of fused-ring (bicyclic) bond motifs is 3. The Morgan fingerprint density at radius 3 is 2.49 bits per heavy atom. The molecule has 3 aromatic rings. The second-order valence-corrected chi connectivity index (χ2v) is 22.6. The number of phenols is 1. The lowest BCUT2D eigenvalue weighted by molar-refractivity contribution is -0.135. The molecule has 2 aliphatic heterocycles. The summed E-state index contributed by atoms with van der Waals surface area (Å²) in [5, 5.41) is 58.1. The van der Waals surface area contributed by atoms with Gasteiger partial charge in [0.15, 0.2) is 17.3 Å². The van der Waals surface area contributed by atoms with Gasteiger partial charge in [0, 0.05) is 43.7 Å². The van der Waals surface area contributed by atoms with Crippen molar-refractivity contribution in [2.75, 3.05) is 20.2 Å². The first-order chi connectivity index (χ1) is 33.3. The number of ketones is 2. The summed E-state index contributed by atoms with van der Waals surface area (Å²) in [4.78, 5) is 27.0. The van der Waals surface area contributed by atoms with E-state index in [0.717, 1.165) is 59.7 Å². The van der Waals surface area contributed by atoms with Gasteiger partial charge in [-0.25, -0.2) is 0 Å². The summed E-state index contributed by atoms with van der Waals surface area (Å²) in [7, 11) is 1.50. The molecule has 1 saturated heterocycles. The van der Waals surface area contributed by atoms with Crippen molar-refractivity contribution in [1.29, 1.82) is 0 Å². The highest BCUT2D eigenvalue weighted by atomic mass is 16.5. The monoisotopic (exact) mass is 940 g/mol. The van der Waals surface area contributed by atoms with Crippen LogP contribution in [0.5, 0.6) is 11.5 Å². The predicted molar refractivity (Wildman–Crippen MR) is 271 cm³/mol. The number of aryl methyl sites for hydroxylation is 1. The topological polar surface area (TPSA) is 174 Å². The van der Waals surface area contributed by atoms with Crippen LogP contribution in [0.25, 0.3) is 10.8 Å². The maximum Gasteiger partial charge on any atom is 0.160 e. The molecule has 0 radical (unpaired) electrons. The van der Waals surface area contributed by atoms with E-state index in [4.69, 9.17) is 10.5 Å². The Bertz CT molecular complexity index is 2480. The fraction of sp³-hybridized carbons (Fsp3) is 0.593. The van der Waals surface area contributed by atoms with Crippen LogP contribution >= 0.6 is 0 Å². The lowest BCUT2D eigenvalue weighted by Crippen LogP contribution is -2.53. The largest absolute Gasteiger partial charge is 0.504 e. The second kappa shape index (κ2) is 21.0. The van der Waals surface area contributed by atoms with Gasteiger partial charge in [-0.15, -0.1) is 0 Å². The van der Waals surface area contributed by atoms with E-state index in [2.05, 4.69) is 72.7 Å². The number of aliphatic hydroxyl groups excluding tert-OH is 3. The van der Waals surface area contributed by atoms with Crippen LogP contribution in [0.1, 0.15) is 145 Å². The molecular formula is C59H77N3O7. The molecule has 8 N–H and O–H groups in total. The van der Waals surface area contributed by atoms with Crippen molar-refractivity contribution in [3.8, 4) is 23.3 Å². The zero-order valence-electron chi connectivity index (χ0n) is 41.2. The fourth-order valence-electron chi connectivity index (χ4n) is 14.1. The maximum atomic E-state index is 14.7. The van der Waals surface area contributed by atoms with E-state index in [-0.39, 0.29) is 41.6 Å². The summed E-state index contributed by atoms with van der Waals surface area (Å²) in [5.74, 6) is 8.35. The summed E-state index contributed by atoms with van der Waals surface area (Å²) >= 11 is 0. The summed E-state index contributed by atoms with van der Waals surface area (Å²) < 4.78 is 5.57. The minimum atomic E-state index is -1.27. The Hall–Kier alpha value is -4.66. The lowest BCUT2D eigenvalue weighted by atomic mass is 9.58. The van der Waals surface area contributed by atoms with Gasteiger partial charge in [-0.2, -0.15) is 0 Å². The zero-order valence-corrected chi connectivity index (χ0v) is 41.2. The Morgan fingerprint density at radius 2 is 1.74 bits per heavy atom. The number of Topliss-reactive ketones (excluding diaryl/α,β-unsaturated/α-hetero) is 2. The van der Waals surface area contributed by atoms with Crippen molar-refractivity contribution >= 4 is 22.3 Å². The molecule has 370 valence electrons. The van der Waals surface area contributed by atoms with Gasteiger partial charge in [-0.1, -0.05) is 93.5 Å². The Balaban J connectivity index is 1.01. The van der Waals surface area contributed by atoms with Crippen LogP contribution in [0.15, 0.2) is 78.1 Å². The van der Waals surface area contributed by atoms with E-state index in [0.29, 0.717) is 91.8 Å². The van der Waals surface area contributed by atoms with Gasteiger partial charge in [-0.3, -0.25) is 9.59 Å². The molecule has 10 nitrogen and oxygen atoms in total. The summed E-state index contributed by atoms with van der Waals surface area (Å²) in [6, 6.07) is 18.4. The predicted octanol–water partition coefficient (Wildman–Crippen LogP) is 8.88. The van der Waals surface area contributed by atoms with E-state index in [9.17, 15) is 30.0 Å². The van der Waals surface area contributed by atoms with Crippen LogP contribution in [0.3, 0.4) is 0 Å². The van der Waals surface area contributed by atoms with E-state index in [1.54, 1.807) is 12.1 Å². The third-order valence-electron chi connectivity index (χ3n) is 17.9. The van der Waals surface area contributed by atoms with Crippen LogP contribution in [-0.4, -0.2) is 76.5 Å². The van der Waals surface area contributed by atoms with Gasteiger partial charge in [-0.05, 0) is 163 Å². The number of piperidine rings is 1. The molecule has 3 saturated carbocycles. The van der Waals surface area contributed by atoms with Crippen molar-refractivity contribution in [2.45, 2.75) is 159 Å². The lowest BCUT2D eigenvalue weighted by Gasteiger charge is -2.49. The van der Waals surface area contributed by atoms with Crippen LogP contribution in [0.2, 0.25) is 0 Å². The number of ether oxygens (including phenoxy) is 1. The number of carbonyl (C=O) groups is 2. The first-order valence-corrected chi connectivity index (χ1v) is 26.4. The standard InChI is InChI=1S/C59H77N3O7/c1-36(2)10-16-47(56(44-20-25-61-55(60)31-44)43-12-11-38-8-4-5-9-39(38)27-43)57(68)51(65)29-41-19-24-59(53(66)17-14-40-30-52(69-3)50(64)33-48(40)41)23-18-37(26-54(59)67)34-58(21-6-7-22-58)45-28-42-13-15-46(63)32-49(42)62-35-45/h4-5,8-9,11-12,20,27,30-31,33,36-37,41-42,45,47,49,51,54,56-57,61-62,64-65,67-68H,6-7,10,13-18,21-23,25-26,28-29,32,34-35,60H2,1-3H3. The third kappa shape index (κ3) is 10.4. The Labute approximate surface area is 410 Å². The fourth-order valence-corrected chi connectivity index (χ4v) is 14.1. The smallest absolute Gasteiger partial charge is 0.160 e. The number of dihydropyridines is 1. The van der Waals surface area contributed by atoms with Gasteiger partial charge in [0.2, 0.25) is 0 Å². The molecule has 10 heteroatoms. The molecule has 1 spiro atoms. The van der Waals surface area contributed by atoms with Crippen LogP contribution in [-0.2, 0) is 16.0 Å². The van der Waals surface area contributed by atoms with Crippen molar-refractivity contribution in [2.24, 2.45) is 46.2 Å². The van der Waals surface area contributed by atoms with Crippen LogP contribution < -0.4 is 21.1 Å². The van der Waals surface area contributed by atoms with Crippen molar-refractivity contribution in [1.82, 2.24) is 10.6 Å². The molecule has 0 bridgehead atoms. The third-order valence-corrected chi connectivity index (χ3v) is 17.9. The molecule has 0 amide bonds. The number of benzene rings is 3. The number of nitrogens with one attached hydrogen (secondary N) is 2. The molecule has 4 aliphatic carbocycles. The van der Waals surface area contributed by atoms with E-state index in [1.165, 1.54) is 39.2 Å². The number of hydrogen-bond donors (Lipinski definition) is 7. The Kier molecular flexibility index (Phi) is 15.0. The highest BCUT2D eigenvalue weighted by Crippen LogP contribution is 2.55. The summed E-state index contributed by atoms with van der Waals surface area (Å²) in [6.07, 6.45) is 13.9. The van der Waals surface area contributed by atoms with Gasteiger partial charge in [0.1, 0.15) is 11.2 Å². The van der Waals surface area contributed by atoms with Gasteiger partial charge < -0.3 is 41.5 Å². The van der Waals surface area contributed by atoms with Crippen LogP contribution in [0.4, 0.5) is 0 Å². The molecule has 69 heavy (non-hydrogen) atoms. The molecule has 2 heterocycles.